The van der Waals surface area contributed by atoms with E-state index < -0.39 is 20.5 Å². The van der Waals surface area contributed by atoms with Crippen molar-refractivity contribution in [1.82, 2.24) is 4.72 Å². The number of sulfonamides is 1. The molecule has 0 aliphatic carbocycles. The van der Waals surface area contributed by atoms with Crippen molar-refractivity contribution >= 4 is 21.4 Å². The van der Waals surface area contributed by atoms with E-state index in [1.165, 1.54) is 25.2 Å². The average Bonchev–Trinajstić information content (AvgIpc) is 2.83. The molecule has 1 aliphatic heterocycles. The van der Waals surface area contributed by atoms with Gasteiger partial charge in [0, 0.05) is 25.8 Å². The van der Waals surface area contributed by atoms with E-state index in [4.69, 9.17) is 4.74 Å². The van der Waals surface area contributed by atoms with Gasteiger partial charge in [-0.1, -0.05) is 0 Å². The lowest BCUT2D eigenvalue weighted by atomic mass is 10.0. The molecule has 1 aliphatic rings. The van der Waals surface area contributed by atoms with E-state index in [-0.39, 0.29) is 16.3 Å². The molecule has 0 amide bonds. The highest BCUT2D eigenvalue weighted by Gasteiger charge is 2.35. The Morgan fingerprint density at radius 2 is 2.14 bits per heavy atom. The number of nitrogens with zero attached hydrogens (tertiary/aromatic N) is 1. The summed E-state index contributed by atoms with van der Waals surface area (Å²) in [5.74, 6) is 0. The van der Waals surface area contributed by atoms with Crippen LogP contribution in [0.3, 0.4) is 0 Å². The van der Waals surface area contributed by atoms with Crippen LogP contribution in [0.1, 0.15) is 13.3 Å². The lowest BCUT2D eigenvalue weighted by Gasteiger charge is -2.24. The van der Waals surface area contributed by atoms with E-state index in [9.17, 15) is 18.5 Å². The number of rotatable bonds is 5. The number of ether oxygens (including phenoxy) is 1. The summed E-state index contributed by atoms with van der Waals surface area (Å²) < 4.78 is 32.8. The third-order valence-electron chi connectivity index (χ3n) is 3.33. The Hall–Kier alpha value is -1.71. The van der Waals surface area contributed by atoms with Crippen molar-refractivity contribution in [2.75, 3.05) is 25.6 Å². The van der Waals surface area contributed by atoms with Crippen LogP contribution in [0.4, 0.5) is 11.4 Å². The Kier molecular flexibility index (Phi) is 4.17. The van der Waals surface area contributed by atoms with Crippen molar-refractivity contribution in [2.24, 2.45) is 0 Å². The topological polar surface area (TPSA) is 111 Å². The Morgan fingerprint density at radius 3 is 2.67 bits per heavy atom. The normalized spacial score (nSPS) is 22.2. The molecular formula is C12H17N3O5S. The lowest BCUT2D eigenvalue weighted by Crippen LogP contribution is -2.46. The molecule has 0 bridgehead atoms. The summed E-state index contributed by atoms with van der Waals surface area (Å²) in [5, 5.41) is 13.4. The zero-order valence-electron chi connectivity index (χ0n) is 11.8. The fourth-order valence-electron chi connectivity index (χ4n) is 2.19. The van der Waals surface area contributed by atoms with Crippen molar-refractivity contribution < 1.29 is 18.1 Å². The van der Waals surface area contributed by atoms with Crippen molar-refractivity contribution in [3.05, 3.63) is 28.3 Å². The monoisotopic (exact) mass is 315 g/mol. The van der Waals surface area contributed by atoms with Gasteiger partial charge in [-0.05, 0) is 19.4 Å². The molecule has 116 valence electrons. The molecule has 0 aromatic heterocycles. The Labute approximate surface area is 122 Å². The molecule has 1 aromatic rings. The molecule has 2 rings (SSSR count). The molecule has 1 fully saturated rings. The minimum atomic E-state index is -3.80. The van der Waals surface area contributed by atoms with Gasteiger partial charge in [-0.15, -0.1) is 0 Å². The molecule has 1 atom stereocenters. The summed E-state index contributed by atoms with van der Waals surface area (Å²) in [6.07, 6.45) is 0.577. The third kappa shape index (κ3) is 3.31. The van der Waals surface area contributed by atoms with E-state index in [0.717, 1.165) is 0 Å². The van der Waals surface area contributed by atoms with Crippen LogP contribution in [0.15, 0.2) is 23.1 Å². The maximum Gasteiger partial charge on any atom is 0.271 e. The van der Waals surface area contributed by atoms with E-state index in [2.05, 4.69) is 10.0 Å². The average molecular weight is 315 g/mol. The van der Waals surface area contributed by atoms with E-state index >= 15 is 0 Å². The second kappa shape index (κ2) is 5.58. The van der Waals surface area contributed by atoms with Crippen LogP contribution in [0.25, 0.3) is 0 Å². The number of benzene rings is 1. The zero-order chi connectivity index (χ0) is 15.7. The summed E-state index contributed by atoms with van der Waals surface area (Å²) in [4.78, 5) is 10.2. The van der Waals surface area contributed by atoms with E-state index in [0.29, 0.717) is 19.6 Å². The standard InChI is InChI=1S/C12H17N3O5S/c1-12(5-6-20-8-12)14-21(18,19)11-4-3-9(15(16)17)7-10(11)13-2/h3-4,7,13-14H,5-6,8H2,1-2H3. The maximum absolute atomic E-state index is 12.5. The van der Waals surface area contributed by atoms with Crippen LogP contribution in [0, 0.1) is 10.1 Å². The predicted octanol–water partition coefficient (Wildman–Crippen LogP) is 1.09. The predicted molar refractivity (Wildman–Crippen MR) is 76.8 cm³/mol. The highest BCUT2D eigenvalue weighted by molar-refractivity contribution is 7.89. The molecule has 0 saturated carbocycles. The van der Waals surface area contributed by atoms with E-state index in [1.807, 2.05) is 0 Å². The van der Waals surface area contributed by atoms with E-state index in [1.54, 1.807) is 6.92 Å². The zero-order valence-corrected chi connectivity index (χ0v) is 12.6. The molecule has 8 nitrogen and oxygen atoms in total. The summed E-state index contributed by atoms with van der Waals surface area (Å²) in [5.41, 5.74) is -0.654. The van der Waals surface area contributed by atoms with Gasteiger partial charge < -0.3 is 10.1 Å². The summed E-state index contributed by atoms with van der Waals surface area (Å²) in [6.45, 7) is 2.56. The first-order chi connectivity index (χ1) is 9.77. The largest absolute Gasteiger partial charge is 0.387 e. The minimum Gasteiger partial charge on any atom is -0.387 e. The quantitative estimate of drug-likeness (QED) is 0.621. The molecule has 1 unspecified atom stereocenters. The van der Waals surface area contributed by atoms with Crippen LogP contribution in [0.2, 0.25) is 0 Å². The molecule has 9 heteroatoms. The van der Waals surface area contributed by atoms with Crippen molar-refractivity contribution in [3.8, 4) is 0 Å². The van der Waals surface area contributed by atoms with Crippen LogP contribution in [0.5, 0.6) is 0 Å². The fraction of sp³-hybridized carbons (Fsp3) is 0.500. The Bertz CT molecular complexity index is 653. The highest BCUT2D eigenvalue weighted by atomic mass is 32.2. The van der Waals surface area contributed by atoms with Gasteiger partial charge in [-0.2, -0.15) is 0 Å². The molecule has 0 spiro atoms. The lowest BCUT2D eigenvalue weighted by molar-refractivity contribution is -0.384. The number of hydrogen-bond donors (Lipinski definition) is 2. The van der Waals surface area contributed by atoms with Gasteiger partial charge in [0.2, 0.25) is 10.0 Å². The SMILES string of the molecule is CNc1cc([N+](=O)[O-])ccc1S(=O)(=O)NC1(C)CCOC1. The number of non-ortho nitro benzene ring substituents is 1. The Morgan fingerprint density at radius 1 is 1.43 bits per heavy atom. The van der Waals surface area contributed by atoms with Gasteiger partial charge >= 0.3 is 0 Å². The first-order valence-corrected chi connectivity index (χ1v) is 7.84. The minimum absolute atomic E-state index is 0.0243. The molecule has 21 heavy (non-hydrogen) atoms. The van der Waals surface area contributed by atoms with Gasteiger partial charge in [-0.25, -0.2) is 13.1 Å². The van der Waals surface area contributed by atoms with Crippen molar-refractivity contribution in [3.63, 3.8) is 0 Å². The smallest absolute Gasteiger partial charge is 0.271 e. The van der Waals surface area contributed by atoms with Crippen molar-refractivity contribution in [1.29, 1.82) is 0 Å². The number of nitro benzene ring substituents is 1. The number of anilines is 1. The third-order valence-corrected chi connectivity index (χ3v) is 5.03. The summed E-state index contributed by atoms with van der Waals surface area (Å²) in [7, 11) is -2.29. The fourth-order valence-corrected chi connectivity index (χ4v) is 3.81. The van der Waals surface area contributed by atoms with Gasteiger partial charge in [-0.3, -0.25) is 10.1 Å². The molecule has 1 saturated heterocycles. The van der Waals surface area contributed by atoms with Gasteiger partial charge in [0.05, 0.1) is 22.8 Å². The first kappa shape index (κ1) is 15.7. The molecule has 1 aromatic carbocycles. The van der Waals surface area contributed by atoms with Crippen LogP contribution >= 0.6 is 0 Å². The van der Waals surface area contributed by atoms with Crippen LogP contribution < -0.4 is 10.0 Å². The van der Waals surface area contributed by atoms with Crippen molar-refractivity contribution in [2.45, 2.75) is 23.8 Å². The van der Waals surface area contributed by atoms with Crippen LogP contribution in [-0.2, 0) is 14.8 Å². The second-order valence-corrected chi connectivity index (χ2v) is 6.81. The highest BCUT2D eigenvalue weighted by Crippen LogP contribution is 2.28. The molecule has 0 radical (unpaired) electrons. The Balaban J connectivity index is 2.37. The first-order valence-electron chi connectivity index (χ1n) is 6.35. The van der Waals surface area contributed by atoms with Gasteiger partial charge in [0.15, 0.2) is 0 Å². The number of hydrogen-bond acceptors (Lipinski definition) is 6. The molecule has 2 N–H and O–H groups in total. The second-order valence-electron chi connectivity index (χ2n) is 5.16. The summed E-state index contributed by atoms with van der Waals surface area (Å²) >= 11 is 0. The number of nitro groups is 1. The van der Waals surface area contributed by atoms with Gasteiger partial charge in [0.25, 0.3) is 5.69 Å². The van der Waals surface area contributed by atoms with Crippen LogP contribution in [-0.4, -0.2) is 39.1 Å². The summed E-state index contributed by atoms with van der Waals surface area (Å²) in [6, 6.07) is 3.59. The van der Waals surface area contributed by atoms with Gasteiger partial charge in [0.1, 0.15) is 4.90 Å². The number of nitrogens with one attached hydrogen (secondary N) is 2. The molecular weight excluding hydrogens is 298 g/mol. The molecule has 1 heterocycles. The maximum atomic E-state index is 12.5.